The molecule has 1 heterocycles. The Kier molecular flexibility index (Phi) is 4.65. The largest absolute Gasteiger partial charge is 0.366 e. The second-order valence-corrected chi connectivity index (χ2v) is 5.26. The van der Waals surface area contributed by atoms with Crippen molar-refractivity contribution in [2.24, 2.45) is 0 Å². The molecular weight excluding hydrogens is 310 g/mol. The van der Waals surface area contributed by atoms with E-state index in [1.54, 1.807) is 43.3 Å². The molecule has 3 rings (SSSR count). The van der Waals surface area contributed by atoms with Crippen LogP contribution in [0.15, 0.2) is 54.6 Å². The number of nitrogens with one attached hydrogen (secondary N) is 2. The van der Waals surface area contributed by atoms with Crippen LogP contribution >= 0.6 is 0 Å². The van der Waals surface area contributed by atoms with Gasteiger partial charge in [0, 0.05) is 23.9 Å². The average molecular weight is 326 g/mol. The highest BCUT2D eigenvalue weighted by Gasteiger charge is 2.05. The van der Waals surface area contributed by atoms with Crippen LogP contribution in [0.5, 0.6) is 0 Å². The molecule has 2 aromatic carbocycles. The lowest BCUT2D eigenvalue weighted by Crippen LogP contribution is -2.06. The van der Waals surface area contributed by atoms with Crippen LogP contribution in [0.25, 0.3) is 0 Å². The molecule has 0 saturated heterocycles. The summed E-state index contributed by atoms with van der Waals surface area (Å²) in [6.07, 6.45) is 0. The van der Waals surface area contributed by atoms with E-state index in [9.17, 15) is 8.78 Å². The van der Waals surface area contributed by atoms with Gasteiger partial charge >= 0.3 is 0 Å². The molecule has 0 saturated carbocycles. The third-order valence-corrected chi connectivity index (χ3v) is 3.37. The standard InChI is InChI=1S/C18H16F2N4/c1-12-22-17(21-11-13-4-2-3-5-16(13)20)10-18(23-12)24-15-8-6-14(19)7-9-15/h2-10H,11H2,1H3,(H2,21,22,23,24). The molecule has 1 aromatic heterocycles. The maximum absolute atomic E-state index is 13.7. The van der Waals surface area contributed by atoms with E-state index >= 15 is 0 Å². The van der Waals surface area contributed by atoms with Gasteiger partial charge in [-0.1, -0.05) is 18.2 Å². The minimum absolute atomic E-state index is 0.263. The number of hydrogen-bond donors (Lipinski definition) is 2. The van der Waals surface area contributed by atoms with Crippen LogP contribution in [0, 0.1) is 18.6 Å². The fourth-order valence-electron chi connectivity index (χ4n) is 2.23. The smallest absolute Gasteiger partial charge is 0.136 e. The van der Waals surface area contributed by atoms with Gasteiger partial charge in [-0.05, 0) is 37.3 Å². The summed E-state index contributed by atoms with van der Waals surface area (Å²) < 4.78 is 26.6. The molecule has 0 atom stereocenters. The molecule has 0 fully saturated rings. The number of rotatable bonds is 5. The van der Waals surface area contributed by atoms with Crippen molar-refractivity contribution < 1.29 is 8.78 Å². The summed E-state index contributed by atoms with van der Waals surface area (Å²) in [6, 6.07) is 14.3. The van der Waals surface area contributed by atoms with Crippen LogP contribution in [-0.2, 0) is 6.54 Å². The number of halogens is 2. The molecule has 0 aliphatic heterocycles. The summed E-state index contributed by atoms with van der Waals surface area (Å²) >= 11 is 0. The van der Waals surface area contributed by atoms with E-state index in [0.29, 0.717) is 29.6 Å². The molecule has 122 valence electrons. The molecule has 0 radical (unpaired) electrons. The molecule has 24 heavy (non-hydrogen) atoms. The molecule has 3 aromatic rings. The summed E-state index contributed by atoms with van der Waals surface area (Å²) in [7, 11) is 0. The zero-order valence-corrected chi connectivity index (χ0v) is 13.1. The number of hydrogen-bond acceptors (Lipinski definition) is 4. The zero-order chi connectivity index (χ0) is 16.9. The fraction of sp³-hybridized carbons (Fsp3) is 0.111. The van der Waals surface area contributed by atoms with Crippen LogP contribution in [-0.4, -0.2) is 9.97 Å². The van der Waals surface area contributed by atoms with Crippen LogP contribution in [0.1, 0.15) is 11.4 Å². The number of nitrogens with zero attached hydrogens (tertiary/aromatic N) is 2. The van der Waals surface area contributed by atoms with Gasteiger partial charge in [-0.25, -0.2) is 18.7 Å². The predicted molar refractivity (Wildman–Crippen MR) is 90.2 cm³/mol. The Labute approximate surface area is 138 Å². The lowest BCUT2D eigenvalue weighted by atomic mass is 10.2. The molecule has 0 bridgehead atoms. The lowest BCUT2D eigenvalue weighted by Gasteiger charge is -2.10. The van der Waals surface area contributed by atoms with E-state index in [4.69, 9.17) is 0 Å². The van der Waals surface area contributed by atoms with Crippen molar-refractivity contribution in [3.63, 3.8) is 0 Å². The third kappa shape index (κ3) is 4.04. The van der Waals surface area contributed by atoms with Gasteiger partial charge in [-0.2, -0.15) is 0 Å². The predicted octanol–water partition coefficient (Wildman–Crippen LogP) is 4.42. The summed E-state index contributed by atoms with van der Waals surface area (Å²) in [4.78, 5) is 8.58. The Morgan fingerprint density at radius 1 is 0.917 bits per heavy atom. The molecule has 0 spiro atoms. The molecule has 0 aliphatic rings. The van der Waals surface area contributed by atoms with Gasteiger partial charge in [-0.15, -0.1) is 0 Å². The first-order valence-corrected chi connectivity index (χ1v) is 7.46. The minimum Gasteiger partial charge on any atom is -0.366 e. The van der Waals surface area contributed by atoms with E-state index < -0.39 is 0 Å². The number of aryl methyl sites for hydroxylation is 1. The van der Waals surface area contributed by atoms with Crippen molar-refractivity contribution in [2.45, 2.75) is 13.5 Å². The third-order valence-electron chi connectivity index (χ3n) is 3.37. The summed E-state index contributed by atoms with van der Waals surface area (Å²) in [5, 5.41) is 6.18. The highest BCUT2D eigenvalue weighted by Crippen LogP contribution is 2.18. The summed E-state index contributed by atoms with van der Waals surface area (Å²) in [6.45, 7) is 2.09. The van der Waals surface area contributed by atoms with Gasteiger partial charge in [-0.3, -0.25) is 0 Å². The van der Waals surface area contributed by atoms with E-state index in [-0.39, 0.29) is 11.6 Å². The van der Waals surface area contributed by atoms with Crippen LogP contribution < -0.4 is 10.6 Å². The van der Waals surface area contributed by atoms with E-state index in [2.05, 4.69) is 20.6 Å². The average Bonchev–Trinajstić information content (AvgIpc) is 2.56. The molecule has 4 nitrogen and oxygen atoms in total. The first-order valence-electron chi connectivity index (χ1n) is 7.46. The topological polar surface area (TPSA) is 49.8 Å². The summed E-state index contributed by atoms with van der Waals surface area (Å²) in [5.41, 5.74) is 1.27. The van der Waals surface area contributed by atoms with Gasteiger partial charge in [0.1, 0.15) is 29.1 Å². The quantitative estimate of drug-likeness (QED) is 0.729. The van der Waals surface area contributed by atoms with Crippen molar-refractivity contribution in [3.8, 4) is 0 Å². The zero-order valence-electron chi connectivity index (χ0n) is 13.1. The summed E-state index contributed by atoms with van der Waals surface area (Å²) in [5.74, 6) is 1.16. The lowest BCUT2D eigenvalue weighted by molar-refractivity contribution is 0.613. The molecular formula is C18H16F2N4. The van der Waals surface area contributed by atoms with Crippen LogP contribution in [0.4, 0.5) is 26.1 Å². The molecule has 2 N–H and O–H groups in total. The maximum Gasteiger partial charge on any atom is 0.136 e. The molecule has 0 amide bonds. The van der Waals surface area contributed by atoms with Gasteiger partial charge in [0.15, 0.2) is 0 Å². The number of benzene rings is 2. The van der Waals surface area contributed by atoms with Crippen LogP contribution in [0.3, 0.4) is 0 Å². The molecule has 6 heteroatoms. The van der Waals surface area contributed by atoms with Gasteiger partial charge in [0.05, 0.1) is 0 Å². The fourth-order valence-corrected chi connectivity index (χ4v) is 2.23. The van der Waals surface area contributed by atoms with Gasteiger partial charge in [0.25, 0.3) is 0 Å². The maximum atomic E-state index is 13.7. The Morgan fingerprint density at radius 3 is 2.38 bits per heavy atom. The molecule has 0 unspecified atom stereocenters. The van der Waals surface area contributed by atoms with Gasteiger partial charge in [0.2, 0.25) is 0 Å². The monoisotopic (exact) mass is 326 g/mol. The van der Waals surface area contributed by atoms with Gasteiger partial charge < -0.3 is 10.6 Å². The number of aromatic nitrogens is 2. The second kappa shape index (κ2) is 7.04. The SMILES string of the molecule is Cc1nc(NCc2ccccc2F)cc(Nc2ccc(F)cc2)n1. The first kappa shape index (κ1) is 15.9. The molecule has 0 aliphatic carbocycles. The second-order valence-electron chi connectivity index (χ2n) is 5.26. The van der Waals surface area contributed by atoms with Crippen LogP contribution in [0.2, 0.25) is 0 Å². The first-order chi connectivity index (χ1) is 11.6. The highest BCUT2D eigenvalue weighted by atomic mass is 19.1. The van der Waals surface area contributed by atoms with E-state index in [1.807, 2.05) is 0 Å². The Bertz CT molecular complexity index is 835. The van der Waals surface area contributed by atoms with Crippen molar-refractivity contribution in [1.29, 1.82) is 0 Å². The van der Waals surface area contributed by atoms with E-state index in [1.165, 1.54) is 18.2 Å². The normalized spacial score (nSPS) is 10.5. The Balaban J connectivity index is 1.74. The van der Waals surface area contributed by atoms with Crippen molar-refractivity contribution in [2.75, 3.05) is 10.6 Å². The van der Waals surface area contributed by atoms with Crippen molar-refractivity contribution in [1.82, 2.24) is 9.97 Å². The number of anilines is 3. The highest BCUT2D eigenvalue weighted by molar-refractivity contribution is 5.59. The van der Waals surface area contributed by atoms with E-state index in [0.717, 1.165) is 5.69 Å². The van der Waals surface area contributed by atoms with Crippen molar-refractivity contribution in [3.05, 3.63) is 77.6 Å². The Hall–Kier alpha value is -3.02. The Morgan fingerprint density at radius 2 is 1.62 bits per heavy atom. The minimum atomic E-state index is -0.299. The van der Waals surface area contributed by atoms with Crippen molar-refractivity contribution >= 4 is 17.3 Å².